The minimum Gasteiger partial charge on any atom is -0.390 e. The summed E-state index contributed by atoms with van der Waals surface area (Å²) in [7, 11) is 4.29. The summed E-state index contributed by atoms with van der Waals surface area (Å²) in [5.41, 5.74) is 3.67. The van der Waals surface area contributed by atoms with E-state index in [0.29, 0.717) is 5.02 Å². The van der Waals surface area contributed by atoms with Crippen molar-refractivity contribution in [1.29, 1.82) is 0 Å². The third-order valence-corrected chi connectivity index (χ3v) is 7.40. The number of likely N-dealkylation sites (N-methyl/N-ethyl adjacent to an activating group) is 1. The molecule has 5 rings (SSSR count). The first-order valence-corrected chi connectivity index (χ1v) is 11.8. The van der Waals surface area contributed by atoms with Gasteiger partial charge in [-0.05, 0) is 57.6 Å². The molecule has 0 radical (unpaired) electrons. The molecule has 0 unspecified atom stereocenters. The van der Waals surface area contributed by atoms with Crippen LogP contribution in [0, 0.1) is 0 Å². The van der Waals surface area contributed by atoms with Gasteiger partial charge in [-0.15, -0.1) is 0 Å². The number of piperidine rings is 1. The summed E-state index contributed by atoms with van der Waals surface area (Å²) in [4.78, 5) is 16.7. The molecule has 7 nitrogen and oxygen atoms in total. The Balaban J connectivity index is 1.54. The Morgan fingerprint density at radius 3 is 2.47 bits per heavy atom. The fourth-order valence-electron chi connectivity index (χ4n) is 5.29. The zero-order valence-electron chi connectivity index (χ0n) is 18.8. The van der Waals surface area contributed by atoms with Crippen molar-refractivity contribution >= 4 is 23.1 Å². The highest BCUT2D eigenvalue weighted by molar-refractivity contribution is 6.31. The number of imidazole rings is 1. The lowest BCUT2D eigenvalue weighted by atomic mass is 9.91. The minimum absolute atomic E-state index is 0.0411. The highest BCUT2D eigenvalue weighted by atomic mass is 35.5. The molecule has 2 aliphatic rings. The van der Waals surface area contributed by atoms with Crippen molar-refractivity contribution < 1.29 is 5.11 Å². The maximum Gasteiger partial charge on any atom is 0.138 e. The molecule has 8 heteroatoms. The molecule has 0 aromatic carbocycles. The quantitative estimate of drug-likeness (QED) is 0.650. The molecule has 0 saturated carbocycles. The Hall–Kier alpha value is -2.19. The summed E-state index contributed by atoms with van der Waals surface area (Å²) in [5, 5.41) is 11.2. The Labute approximate surface area is 194 Å². The van der Waals surface area contributed by atoms with E-state index in [4.69, 9.17) is 16.6 Å². The van der Waals surface area contributed by atoms with Crippen molar-refractivity contribution in [3.8, 4) is 0 Å². The summed E-state index contributed by atoms with van der Waals surface area (Å²) in [6.07, 6.45) is 4.89. The second-order valence-electron chi connectivity index (χ2n) is 8.97. The number of likely N-dealkylation sites (tertiary alicyclic amines) is 1. The molecule has 0 bridgehead atoms. The lowest BCUT2D eigenvalue weighted by Crippen LogP contribution is -2.45. The average molecular weight is 455 g/mol. The highest BCUT2D eigenvalue weighted by Gasteiger charge is 2.35. The first-order chi connectivity index (χ1) is 15.6. The van der Waals surface area contributed by atoms with Crippen molar-refractivity contribution in [2.45, 2.75) is 38.0 Å². The lowest BCUT2D eigenvalue weighted by molar-refractivity contribution is 0.108. The molecule has 3 aromatic rings. The third-order valence-electron chi connectivity index (χ3n) is 7.08. The van der Waals surface area contributed by atoms with Crippen molar-refractivity contribution in [2.24, 2.45) is 0 Å². The van der Waals surface area contributed by atoms with Gasteiger partial charge in [0, 0.05) is 32.4 Å². The molecule has 32 heavy (non-hydrogen) atoms. The van der Waals surface area contributed by atoms with Gasteiger partial charge in [-0.25, -0.2) is 4.98 Å². The van der Waals surface area contributed by atoms with Crippen LogP contribution in [0.3, 0.4) is 0 Å². The first kappa shape index (κ1) is 21.6. The minimum atomic E-state index is -0.0411. The molecule has 2 fully saturated rings. The predicted molar refractivity (Wildman–Crippen MR) is 127 cm³/mol. The fraction of sp³-hybridized carbons (Fsp3) is 0.500. The predicted octanol–water partition coefficient (Wildman–Crippen LogP) is 3.52. The van der Waals surface area contributed by atoms with Crippen LogP contribution in [0.5, 0.6) is 0 Å². The summed E-state index contributed by atoms with van der Waals surface area (Å²) in [5.74, 6) is 1.11. The third kappa shape index (κ3) is 3.77. The summed E-state index contributed by atoms with van der Waals surface area (Å²) < 4.78 is 2.16. The van der Waals surface area contributed by atoms with E-state index in [2.05, 4.69) is 50.3 Å². The molecule has 0 spiro atoms. The fourth-order valence-corrected chi connectivity index (χ4v) is 5.53. The van der Waals surface area contributed by atoms with Gasteiger partial charge in [0.1, 0.15) is 11.5 Å². The number of aromatic nitrogens is 3. The van der Waals surface area contributed by atoms with E-state index in [0.717, 1.165) is 74.0 Å². The lowest BCUT2D eigenvalue weighted by Gasteiger charge is -2.39. The molecule has 170 valence electrons. The van der Waals surface area contributed by atoms with Crippen LogP contribution in [-0.4, -0.2) is 69.5 Å². The van der Waals surface area contributed by atoms with Crippen LogP contribution in [0.1, 0.15) is 48.4 Å². The second-order valence-corrected chi connectivity index (χ2v) is 9.38. The molecular weight excluding hydrogens is 424 g/mol. The average Bonchev–Trinajstić information content (AvgIpc) is 3.19. The second kappa shape index (κ2) is 8.98. The monoisotopic (exact) mass is 454 g/mol. The van der Waals surface area contributed by atoms with Crippen molar-refractivity contribution in [2.75, 3.05) is 45.2 Å². The number of hydrogen-bond acceptors (Lipinski definition) is 6. The Kier molecular flexibility index (Phi) is 6.07. The Bertz CT molecular complexity index is 1090. The largest absolute Gasteiger partial charge is 0.390 e. The van der Waals surface area contributed by atoms with Crippen LogP contribution in [0.2, 0.25) is 5.02 Å². The number of hydrogen-bond donors (Lipinski definition) is 1. The van der Waals surface area contributed by atoms with Gasteiger partial charge in [0.2, 0.25) is 0 Å². The number of aliphatic hydroxyl groups excluding tert-OH is 1. The number of halogens is 1. The number of rotatable bonds is 4. The van der Waals surface area contributed by atoms with E-state index < -0.39 is 0 Å². The Morgan fingerprint density at radius 2 is 1.75 bits per heavy atom. The molecule has 2 atom stereocenters. The number of piperazine rings is 1. The van der Waals surface area contributed by atoms with Gasteiger partial charge in [-0.1, -0.05) is 17.7 Å². The van der Waals surface area contributed by atoms with Crippen LogP contribution in [-0.2, 0) is 6.61 Å². The molecule has 1 N–H and O–H groups in total. The molecular formula is C24H31ClN6O. The van der Waals surface area contributed by atoms with E-state index in [9.17, 15) is 5.11 Å². The number of nitrogens with zero attached hydrogens (tertiary/aromatic N) is 6. The number of pyridine rings is 2. The number of fused-ring (bicyclic) bond motifs is 1. The standard InChI is InChI=1S/C24H31ClN6O/c1-28-12-14-30(15-13-28)22-10-4-9-21-27-24(20(16-32)31(21)22)19-8-3-7-18(29(19)2)23-17(25)6-5-11-26-23/h4-6,9-11,18-19,32H,3,7-8,12-16H2,1-2H3/t18-,19+/m0/s1. The first-order valence-electron chi connectivity index (χ1n) is 11.5. The maximum absolute atomic E-state index is 10.5. The van der Waals surface area contributed by atoms with Crippen LogP contribution in [0.15, 0.2) is 36.5 Å². The summed E-state index contributed by atoms with van der Waals surface area (Å²) in [6.45, 7) is 3.96. The van der Waals surface area contributed by atoms with Gasteiger partial charge in [-0.2, -0.15) is 0 Å². The van der Waals surface area contributed by atoms with Gasteiger partial charge in [-0.3, -0.25) is 14.3 Å². The topological polar surface area (TPSA) is 60.1 Å². The van der Waals surface area contributed by atoms with E-state index in [1.54, 1.807) is 0 Å². The zero-order chi connectivity index (χ0) is 22.2. The van der Waals surface area contributed by atoms with Gasteiger partial charge < -0.3 is 14.9 Å². The van der Waals surface area contributed by atoms with Crippen molar-refractivity contribution in [1.82, 2.24) is 24.2 Å². The number of aliphatic hydroxyl groups is 1. The maximum atomic E-state index is 10.5. The van der Waals surface area contributed by atoms with E-state index in [-0.39, 0.29) is 18.7 Å². The normalized spacial score (nSPS) is 23.2. The molecule has 2 aliphatic heterocycles. The SMILES string of the molecule is CN1CCN(c2cccc3nc([C@H]4CCC[C@@H](c5ncccc5Cl)N4C)c(CO)n23)CC1. The van der Waals surface area contributed by atoms with Gasteiger partial charge in [0.05, 0.1) is 40.8 Å². The molecule has 0 amide bonds. The van der Waals surface area contributed by atoms with Crippen molar-refractivity contribution in [3.05, 3.63) is 58.6 Å². The number of anilines is 1. The van der Waals surface area contributed by atoms with Crippen LogP contribution in [0.25, 0.3) is 5.65 Å². The summed E-state index contributed by atoms with van der Waals surface area (Å²) in [6, 6.07) is 10.3. The van der Waals surface area contributed by atoms with Crippen molar-refractivity contribution in [3.63, 3.8) is 0 Å². The summed E-state index contributed by atoms with van der Waals surface area (Å²) >= 11 is 6.50. The molecule has 5 heterocycles. The highest BCUT2D eigenvalue weighted by Crippen LogP contribution is 2.42. The van der Waals surface area contributed by atoms with Crippen LogP contribution in [0.4, 0.5) is 5.82 Å². The van der Waals surface area contributed by atoms with E-state index in [1.807, 2.05) is 24.4 Å². The molecule has 0 aliphatic carbocycles. The van der Waals surface area contributed by atoms with Gasteiger partial charge in [0.25, 0.3) is 0 Å². The smallest absolute Gasteiger partial charge is 0.138 e. The van der Waals surface area contributed by atoms with Gasteiger partial charge in [0.15, 0.2) is 0 Å². The van der Waals surface area contributed by atoms with Crippen LogP contribution >= 0.6 is 11.6 Å². The molecule has 3 aromatic heterocycles. The van der Waals surface area contributed by atoms with Crippen LogP contribution < -0.4 is 4.90 Å². The van der Waals surface area contributed by atoms with E-state index >= 15 is 0 Å². The Morgan fingerprint density at radius 1 is 1.00 bits per heavy atom. The van der Waals surface area contributed by atoms with E-state index in [1.165, 1.54) is 0 Å². The van der Waals surface area contributed by atoms with Gasteiger partial charge >= 0.3 is 0 Å². The molecule has 2 saturated heterocycles. The zero-order valence-corrected chi connectivity index (χ0v) is 19.5.